The number of nitrogens with zero attached hydrogens (tertiary/aromatic N) is 1. The van der Waals surface area contributed by atoms with Crippen LogP contribution in [0.25, 0.3) is 0 Å². The maximum absolute atomic E-state index is 3.74. The standard InChI is InChI=1S/C18H38N2/c1-8-18(9-2,14-19-16(3,4)5)15-20-12-10-17(6,7)11-13-20/h19H,8-15H2,1-7H3. The zero-order chi connectivity index (χ0) is 15.4. The topological polar surface area (TPSA) is 15.3 Å². The van der Waals surface area contributed by atoms with Crippen molar-refractivity contribution >= 4 is 0 Å². The number of piperidine rings is 1. The van der Waals surface area contributed by atoms with Gasteiger partial charge in [-0.15, -0.1) is 0 Å². The zero-order valence-electron chi connectivity index (χ0n) is 15.1. The second-order valence-electron chi connectivity index (χ2n) is 8.75. The van der Waals surface area contributed by atoms with Gasteiger partial charge >= 0.3 is 0 Å². The molecule has 0 radical (unpaired) electrons. The van der Waals surface area contributed by atoms with Gasteiger partial charge in [0.25, 0.3) is 0 Å². The Hall–Kier alpha value is -0.0800. The van der Waals surface area contributed by atoms with Crippen LogP contribution >= 0.6 is 0 Å². The first-order valence-electron chi connectivity index (χ1n) is 8.59. The maximum atomic E-state index is 3.74. The summed E-state index contributed by atoms with van der Waals surface area (Å²) in [5.74, 6) is 0. The summed E-state index contributed by atoms with van der Waals surface area (Å²) in [6.07, 6.45) is 5.24. The highest BCUT2D eigenvalue weighted by Crippen LogP contribution is 2.33. The first-order chi connectivity index (χ1) is 9.11. The van der Waals surface area contributed by atoms with Gasteiger partial charge in [-0.25, -0.2) is 0 Å². The molecule has 120 valence electrons. The molecule has 2 nitrogen and oxygen atoms in total. The van der Waals surface area contributed by atoms with Gasteiger partial charge in [-0.1, -0.05) is 27.7 Å². The number of likely N-dealkylation sites (tertiary alicyclic amines) is 1. The van der Waals surface area contributed by atoms with E-state index in [-0.39, 0.29) is 5.54 Å². The summed E-state index contributed by atoms with van der Waals surface area (Å²) in [5.41, 5.74) is 1.22. The Bertz CT molecular complexity index is 274. The van der Waals surface area contributed by atoms with Gasteiger partial charge in [0.05, 0.1) is 0 Å². The molecule has 20 heavy (non-hydrogen) atoms. The number of nitrogens with one attached hydrogen (secondary N) is 1. The Kier molecular flexibility index (Phi) is 6.10. The molecule has 2 heteroatoms. The van der Waals surface area contributed by atoms with E-state index in [4.69, 9.17) is 0 Å². The van der Waals surface area contributed by atoms with Gasteiger partial charge in [0.1, 0.15) is 0 Å². The monoisotopic (exact) mass is 282 g/mol. The minimum absolute atomic E-state index is 0.222. The Morgan fingerprint density at radius 2 is 1.50 bits per heavy atom. The van der Waals surface area contributed by atoms with E-state index in [2.05, 4.69) is 58.7 Å². The Morgan fingerprint density at radius 1 is 1.00 bits per heavy atom. The Morgan fingerprint density at radius 3 is 1.90 bits per heavy atom. The molecule has 0 aromatic carbocycles. The fraction of sp³-hybridized carbons (Fsp3) is 1.00. The largest absolute Gasteiger partial charge is 0.311 e. The molecule has 0 aromatic heterocycles. The smallest absolute Gasteiger partial charge is 0.00967 e. The molecule has 1 aliphatic rings. The summed E-state index contributed by atoms with van der Waals surface area (Å²) >= 11 is 0. The molecular formula is C18H38N2. The van der Waals surface area contributed by atoms with Crippen LogP contribution in [0.15, 0.2) is 0 Å². The maximum Gasteiger partial charge on any atom is 0.00967 e. The van der Waals surface area contributed by atoms with Gasteiger partial charge in [-0.05, 0) is 70.4 Å². The van der Waals surface area contributed by atoms with E-state index in [1.165, 1.54) is 45.3 Å². The van der Waals surface area contributed by atoms with Crippen LogP contribution in [0, 0.1) is 10.8 Å². The molecule has 0 amide bonds. The third-order valence-electron chi connectivity index (χ3n) is 5.26. The Balaban J connectivity index is 2.58. The summed E-state index contributed by atoms with van der Waals surface area (Å²) in [4.78, 5) is 2.71. The number of hydrogen-bond acceptors (Lipinski definition) is 2. The minimum Gasteiger partial charge on any atom is -0.311 e. The van der Waals surface area contributed by atoms with Crippen molar-refractivity contribution < 1.29 is 0 Å². The van der Waals surface area contributed by atoms with Crippen molar-refractivity contribution in [3.8, 4) is 0 Å². The molecule has 1 saturated heterocycles. The van der Waals surface area contributed by atoms with Crippen LogP contribution < -0.4 is 5.32 Å². The molecule has 0 unspecified atom stereocenters. The molecule has 1 aliphatic heterocycles. The van der Waals surface area contributed by atoms with E-state index in [1.807, 2.05) is 0 Å². The van der Waals surface area contributed by atoms with E-state index in [9.17, 15) is 0 Å². The van der Waals surface area contributed by atoms with E-state index in [0.29, 0.717) is 10.8 Å². The molecule has 1 N–H and O–H groups in total. The first kappa shape index (κ1) is 18.0. The second-order valence-corrected chi connectivity index (χ2v) is 8.75. The highest BCUT2D eigenvalue weighted by molar-refractivity contribution is 4.88. The lowest BCUT2D eigenvalue weighted by atomic mass is 9.78. The van der Waals surface area contributed by atoms with Crippen molar-refractivity contribution in [2.45, 2.75) is 79.7 Å². The predicted molar refractivity (Wildman–Crippen MR) is 90.2 cm³/mol. The van der Waals surface area contributed by atoms with Crippen LogP contribution in [0.1, 0.15) is 74.1 Å². The molecule has 1 heterocycles. The molecule has 0 saturated carbocycles. The van der Waals surface area contributed by atoms with Crippen molar-refractivity contribution in [3.05, 3.63) is 0 Å². The van der Waals surface area contributed by atoms with E-state index < -0.39 is 0 Å². The highest BCUT2D eigenvalue weighted by Gasteiger charge is 2.33. The first-order valence-corrected chi connectivity index (χ1v) is 8.59. The quantitative estimate of drug-likeness (QED) is 0.781. The third-order valence-corrected chi connectivity index (χ3v) is 5.26. The van der Waals surface area contributed by atoms with Gasteiger partial charge in [-0.3, -0.25) is 0 Å². The average Bonchev–Trinajstić information content (AvgIpc) is 2.36. The van der Waals surface area contributed by atoms with Crippen molar-refractivity contribution in [2.75, 3.05) is 26.2 Å². The molecular weight excluding hydrogens is 244 g/mol. The van der Waals surface area contributed by atoms with Gasteiger partial charge < -0.3 is 10.2 Å². The van der Waals surface area contributed by atoms with Crippen LogP contribution in [0.5, 0.6) is 0 Å². The van der Waals surface area contributed by atoms with Crippen LogP contribution in [0.4, 0.5) is 0 Å². The lowest BCUT2D eigenvalue weighted by molar-refractivity contribution is 0.0725. The van der Waals surface area contributed by atoms with E-state index >= 15 is 0 Å². The van der Waals surface area contributed by atoms with Crippen molar-refractivity contribution in [2.24, 2.45) is 10.8 Å². The number of hydrogen-bond donors (Lipinski definition) is 1. The van der Waals surface area contributed by atoms with E-state index in [0.717, 1.165) is 6.54 Å². The lowest BCUT2D eigenvalue weighted by Crippen LogP contribution is -2.50. The lowest BCUT2D eigenvalue weighted by Gasteiger charge is -2.43. The van der Waals surface area contributed by atoms with Gasteiger partial charge in [-0.2, -0.15) is 0 Å². The Labute approximate surface area is 127 Å². The molecule has 1 rings (SSSR count). The summed E-state index contributed by atoms with van der Waals surface area (Å²) < 4.78 is 0. The van der Waals surface area contributed by atoms with Crippen LogP contribution in [0.2, 0.25) is 0 Å². The SMILES string of the molecule is CCC(CC)(CNC(C)(C)C)CN1CCC(C)(C)CC1. The highest BCUT2D eigenvalue weighted by atomic mass is 15.1. The van der Waals surface area contributed by atoms with Crippen LogP contribution in [-0.4, -0.2) is 36.6 Å². The molecule has 0 spiro atoms. The number of rotatable bonds is 6. The summed E-state index contributed by atoms with van der Waals surface area (Å²) in [5, 5.41) is 3.74. The van der Waals surface area contributed by atoms with Gasteiger partial charge in [0.2, 0.25) is 0 Å². The zero-order valence-corrected chi connectivity index (χ0v) is 15.1. The molecule has 0 aliphatic carbocycles. The average molecular weight is 283 g/mol. The fourth-order valence-corrected chi connectivity index (χ4v) is 3.02. The third kappa shape index (κ3) is 5.73. The van der Waals surface area contributed by atoms with Crippen molar-refractivity contribution in [1.82, 2.24) is 10.2 Å². The predicted octanol–water partition coefficient (Wildman–Crippen LogP) is 4.30. The van der Waals surface area contributed by atoms with Crippen LogP contribution in [-0.2, 0) is 0 Å². The minimum atomic E-state index is 0.222. The fourth-order valence-electron chi connectivity index (χ4n) is 3.02. The van der Waals surface area contributed by atoms with Crippen molar-refractivity contribution in [3.63, 3.8) is 0 Å². The summed E-state index contributed by atoms with van der Waals surface area (Å²) in [6.45, 7) is 21.3. The van der Waals surface area contributed by atoms with E-state index in [1.54, 1.807) is 0 Å². The van der Waals surface area contributed by atoms with Gasteiger partial charge in [0, 0.05) is 18.6 Å². The van der Waals surface area contributed by atoms with Crippen molar-refractivity contribution in [1.29, 1.82) is 0 Å². The second kappa shape index (κ2) is 6.79. The summed E-state index contributed by atoms with van der Waals surface area (Å²) in [7, 11) is 0. The normalized spacial score (nSPS) is 21.1. The van der Waals surface area contributed by atoms with Crippen LogP contribution in [0.3, 0.4) is 0 Å². The molecule has 1 fully saturated rings. The molecule has 0 bridgehead atoms. The molecule has 0 aromatic rings. The summed E-state index contributed by atoms with van der Waals surface area (Å²) in [6, 6.07) is 0. The van der Waals surface area contributed by atoms with Gasteiger partial charge in [0.15, 0.2) is 0 Å². The molecule has 0 atom stereocenters.